The molecule has 0 atom stereocenters. The second-order valence-corrected chi connectivity index (χ2v) is 9.38. The number of carbonyl (C=O) groups is 2. The van der Waals surface area contributed by atoms with Gasteiger partial charge in [-0.15, -0.1) is 0 Å². The van der Waals surface area contributed by atoms with Crippen LogP contribution in [-0.4, -0.2) is 62.8 Å². The number of carbonyl (C=O) groups excluding carboxylic acids is 2. The lowest BCUT2D eigenvalue weighted by Crippen LogP contribution is -2.41. The van der Waals surface area contributed by atoms with Gasteiger partial charge in [0.25, 0.3) is 0 Å². The van der Waals surface area contributed by atoms with Crippen molar-refractivity contribution in [2.45, 2.75) is 24.7 Å². The molecule has 1 saturated heterocycles. The number of nitrogens with one attached hydrogen (secondary N) is 1. The third-order valence-corrected chi connectivity index (χ3v) is 7.19. The summed E-state index contributed by atoms with van der Waals surface area (Å²) in [6.07, 6.45) is 2.37. The molecule has 2 aromatic rings. The molecular weight excluding hydrogens is 434 g/mol. The molecule has 10 heteroatoms. The van der Waals surface area contributed by atoms with Gasteiger partial charge in [-0.25, -0.2) is 13.4 Å². The van der Waals surface area contributed by atoms with E-state index in [0.29, 0.717) is 43.2 Å². The van der Waals surface area contributed by atoms with E-state index in [-0.39, 0.29) is 35.6 Å². The Kier molecular flexibility index (Phi) is 7.94. The predicted molar refractivity (Wildman–Crippen MR) is 118 cm³/mol. The van der Waals surface area contributed by atoms with Gasteiger partial charge < -0.3 is 14.8 Å². The molecule has 0 radical (unpaired) electrons. The van der Waals surface area contributed by atoms with Crippen molar-refractivity contribution in [2.24, 2.45) is 5.92 Å². The van der Waals surface area contributed by atoms with Gasteiger partial charge in [-0.05, 0) is 44.0 Å². The number of ketones is 1. The van der Waals surface area contributed by atoms with E-state index in [1.54, 1.807) is 25.4 Å². The van der Waals surface area contributed by atoms with Gasteiger partial charge in [0.05, 0.1) is 11.5 Å². The topological polar surface area (TPSA) is 115 Å². The van der Waals surface area contributed by atoms with Gasteiger partial charge in [0.15, 0.2) is 5.78 Å². The number of ether oxygens (including phenoxy) is 2. The lowest BCUT2D eigenvalue weighted by molar-refractivity contribution is -0.120. The first-order valence-electron chi connectivity index (χ1n) is 10.3. The van der Waals surface area contributed by atoms with Crippen molar-refractivity contribution in [2.75, 3.05) is 38.7 Å². The molecule has 0 saturated carbocycles. The number of methoxy groups -OCH3 is 1. The maximum atomic E-state index is 12.9. The Labute approximate surface area is 187 Å². The minimum atomic E-state index is -3.68. The lowest BCUT2D eigenvalue weighted by atomic mass is 9.97. The number of amides is 1. The van der Waals surface area contributed by atoms with Crippen LogP contribution in [0.4, 0.5) is 5.69 Å². The predicted octanol–water partition coefficient (Wildman–Crippen LogP) is 2.35. The molecule has 3 rings (SSSR count). The second-order valence-electron chi connectivity index (χ2n) is 7.45. The molecule has 1 aliphatic rings. The number of aromatic nitrogens is 1. The van der Waals surface area contributed by atoms with Gasteiger partial charge in [0, 0.05) is 37.9 Å². The zero-order valence-corrected chi connectivity index (χ0v) is 18.9. The highest BCUT2D eigenvalue weighted by Crippen LogP contribution is 2.27. The number of sulfonamides is 1. The molecule has 0 bridgehead atoms. The number of piperidine rings is 1. The lowest BCUT2D eigenvalue weighted by Gasteiger charge is -2.30. The van der Waals surface area contributed by atoms with Crippen LogP contribution in [0, 0.1) is 5.92 Å². The molecule has 1 amide bonds. The third-order valence-electron chi connectivity index (χ3n) is 5.28. The van der Waals surface area contributed by atoms with E-state index < -0.39 is 10.0 Å². The fraction of sp³-hybridized carbons (Fsp3) is 0.409. The Morgan fingerprint density at radius 3 is 2.44 bits per heavy atom. The summed E-state index contributed by atoms with van der Waals surface area (Å²) in [6.45, 7) is 2.60. The molecular formula is C22H27N3O6S. The van der Waals surface area contributed by atoms with E-state index in [9.17, 15) is 18.0 Å². The number of hydrogen-bond acceptors (Lipinski definition) is 7. The molecule has 32 heavy (non-hydrogen) atoms. The van der Waals surface area contributed by atoms with E-state index in [1.807, 2.05) is 0 Å². The van der Waals surface area contributed by atoms with Crippen LogP contribution in [0.15, 0.2) is 47.5 Å². The Morgan fingerprint density at radius 1 is 1.12 bits per heavy atom. The van der Waals surface area contributed by atoms with Gasteiger partial charge in [-0.1, -0.05) is 12.1 Å². The van der Waals surface area contributed by atoms with Gasteiger partial charge in [0.2, 0.25) is 21.8 Å². The van der Waals surface area contributed by atoms with Crippen LogP contribution in [0.2, 0.25) is 0 Å². The molecule has 0 spiro atoms. The monoisotopic (exact) mass is 461 g/mol. The van der Waals surface area contributed by atoms with E-state index >= 15 is 0 Å². The zero-order valence-electron chi connectivity index (χ0n) is 18.1. The van der Waals surface area contributed by atoms with Gasteiger partial charge in [-0.3, -0.25) is 9.59 Å². The average molecular weight is 462 g/mol. The largest absolute Gasteiger partial charge is 0.474 e. The molecule has 1 N–H and O–H groups in total. The number of hydrogen-bond donors (Lipinski definition) is 1. The molecule has 172 valence electrons. The van der Waals surface area contributed by atoms with E-state index in [1.165, 1.54) is 35.5 Å². The van der Waals surface area contributed by atoms with Crippen molar-refractivity contribution in [1.82, 2.24) is 9.29 Å². The zero-order chi connectivity index (χ0) is 23.1. The summed E-state index contributed by atoms with van der Waals surface area (Å²) in [5, 5.41) is 2.84. The normalized spacial score (nSPS) is 15.3. The fourth-order valence-electron chi connectivity index (χ4n) is 3.43. The van der Waals surface area contributed by atoms with Crippen LogP contribution in [0.5, 0.6) is 5.88 Å². The number of benzene rings is 1. The Hall–Kier alpha value is -2.82. The summed E-state index contributed by atoms with van der Waals surface area (Å²) in [7, 11) is -2.12. The standard InChI is InChI=1S/C22H27N3O6S/c1-16(26)17-5-7-19(8-6-17)32(28,29)25-12-9-18(10-13-25)21(27)24-20-4-3-11-23-22(20)31-15-14-30-2/h3-8,11,18H,9-10,12-15H2,1-2H3,(H,24,27). The number of Topliss-reactive ketones (excluding diaryl/α,β-unsaturated/α-hetero) is 1. The summed E-state index contributed by atoms with van der Waals surface area (Å²) in [5.74, 6) is -0.334. The fourth-order valence-corrected chi connectivity index (χ4v) is 4.90. The Balaban J connectivity index is 1.59. The molecule has 1 aromatic heterocycles. The number of pyridine rings is 1. The molecule has 1 fully saturated rings. The smallest absolute Gasteiger partial charge is 0.243 e. The number of rotatable bonds is 9. The maximum absolute atomic E-state index is 12.9. The highest BCUT2D eigenvalue weighted by atomic mass is 32.2. The quantitative estimate of drug-likeness (QED) is 0.450. The third kappa shape index (κ3) is 5.70. The highest BCUT2D eigenvalue weighted by molar-refractivity contribution is 7.89. The molecule has 0 unspecified atom stereocenters. The summed E-state index contributed by atoms with van der Waals surface area (Å²) < 4.78 is 37.7. The van der Waals surface area contributed by atoms with Crippen LogP contribution in [0.1, 0.15) is 30.1 Å². The first-order chi connectivity index (χ1) is 15.3. The summed E-state index contributed by atoms with van der Waals surface area (Å²) in [5.41, 5.74) is 0.925. The van der Waals surface area contributed by atoms with Crippen molar-refractivity contribution in [1.29, 1.82) is 0 Å². The molecule has 0 aliphatic carbocycles. The van der Waals surface area contributed by atoms with Gasteiger partial charge in [-0.2, -0.15) is 4.31 Å². The SMILES string of the molecule is COCCOc1ncccc1NC(=O)C1CCN(S(=O)(=O)c2ccc(C(C)=O)cc2)CC1. The van der Waals surface area contributed by atoms with Crippen molar-refractivity contribution in [3.05, 3.63) is 48.2 Å². The van der Waals surface area contributed by atoms with Crippen LogP contribution < -0.4 is 10.1 Å². The first-order valence-corrected chi connectivity index (χ1v) is 11.8. The van der Waals surface area contributed by atoms with E-state index in [4.69, 9.17) is 9.47 Å². The highest BCUT2D eigenvalue weighted by Gasteiger charge is 2.32. The van der Waals surface area contributed by atoms with Crippen molar-refractivity contribution < 1.29 is 27.5 Å². The van der Waals surface area contributed by atoms with Crippen LogP contribution in [0.25, 0.3) is 0 Å². The van der Waals surface area contributed by atoms with Crippen LogP contribution in [-0.2, 0) is 19.6 Å². The first kappa shape index (κ1) is 23.8. The van der Waals surface area contributed by atoms with E-state index in [2.05, 4.69) is 10.3 Å². The minimum absolute atomic E-state index is 0.123. The Bertz CT molecular complexity index is 1050. The molecule has 1 aromatic carbocycles. The van der Waals surface area contributed by atoms with Crippen molar-refractivity contribution in [3.8, 4) is 5.88 Å². The van der Waals surface area contributed by atoms with Crippen molar-refractivity contribution >= 4 is 27.4 Å². The number of anilines is 1. The summed E-state index contributed by atoms with van der Waals surface area (Å²) in [4.78, 5) is 28.4. The summed E-state index contributed by atoms with van der Waals surface area (Å²) >= 11 is 0. The summed E-state index contributed by atoms with van der Waals surface area (Å²) in [6, 6.07) is 9.31. The number of nitrogens with zero attached hydrogens (tertiary/aromatic N) is 2. The molecule has 2 heterocycles. The van der Waals surface area contributed by atoms with E-state index in [0.717, 1.165) is 0 Å². The van der Waals surface area contributed by atoms with Crippen molar-refractivity contribution in [3.63, 3.8) is 0 Å². The molecule has 1 aliphatic heterocycles. The van der Waals surface area contributed by atoms with Gasteiger partial charge >= 0.3 is 0 Å². The Morgan fingerprint density at radius 2 is 1.81 bits per heavy atom. The molecule has 9 nitrogen and oxygen atoms in total. The van der Waals surface area contributed by atoms with Crippen LogP contribution >= 0.6 is 0 Å². The van der Waals surface area contributed by atoms with Crippen LogP contribution in [0.3, 0.4) is 0 Å². The minimum Gasteiger partial charge on any atom is -0.474 e. The second kappa shape index (κ2) is 10.7. The van der Waals surface area contributed by atoms with Gasteiger partial charge in [0.1, 0.15) is 12.3 Å². The maximum Gasteiger partial charge on any atom is 0.243 e. The average Bonchev–Trinajstić information content (AvgIpc) is 2.80.